The van der Waals surface area contributed by atoms with E-state index in [9.17, 15) is 9.18 Å². The Morgan fingerprint density at radius 1 is 1.04 bits per heavy atom. The van der Waals surface area contributed by atoms with Gasteiger partial charge in [-0.3, -0.25) is 4.79 Å². The van der Waals surface area contributed by atoms with Crippen LogP contribution in [0.25, 0.3) is 11.1 Å². The molecule has 1 aliphatic rings. The minimum absolute atomic E-state index is 0.0426. The van der Waals surface area contributed by atoms with Crippen LogP contribution in [0.5, 0.6) is 5.75 Å². The molecule has 3 nitrogen and oxygen atoms in total. The van der Waals surface area contributed by atoms with Crippen molar-refractivity contribution in [2.45, 2.75) is 18.8 Å². The summed E-state index contributed by atoms with van der Waals surface area (Å²) < 4.78 is 18.7. The fraction of sp³-hybridized carbons (Fsp3) is 0.174. The zero-order valence-corrected chi connectivity index (χ0v) is 15.3. The molecule has 4 heteroatoms. The number of carbonyl (C=O) groups is 1. The van der Waals surface area contributed by atoms with Crippen molar-refractivity contribution in [2.24, 2.45) is 0 Å². The molecule has 1 aliphatic heterocycles. The van der Waals surface area contributed by atoms with E-state index in [4.69, 9.17) is 4.74 Å². The lowest BCUT2D eigenvalue weighted by Crippen LogP contribution is -2.33. The van der Waals surface area contributed by atoms with Gasteiger partial charge in [0, 0.05) is 11.3 Å². The summed E-state index contributed by atoms with van der Waals surface area (Å²) in [5, 5.41) is 2.98. The number of fused-ring (bicyclic) bond motifs is 1. The van der Waals surface area contributed by atoms with Crippen LogP contribution in [0.2, 0.25) is 0 Å². The Labute approximate surface area is 157 Å². The molecule has 0 spiro atoms. The molecule has 0 radical (unpaired) electrons. The SMILES string of the molecule is COc1ccccc1-c1ccc2c(c1)C(C)(Cc1ccc(F)cc1)C(=O)N2. The zero-order chi connectivity index (χ0) is 19.0. The van der Waals surface area contributed by atoms with E-state index in [2.05, 4.69) is 11.4 Å². The van der Waals surface area contributed by atoms with Crippen molar-refractivity contribution in [3.05, 3.63) is 83.7 Å². The van der Waals surface area contributed by atoms with Crippen LogP contribution in [0, 0.1) is 5.82 Å². The van der Waals surface area contributed by atoms with E-state index in [0.29, 0.717) is 6.42 Å². The normalized spacial score (nSPS) is 18.1. The first-order valence-corrected chi connectivity index (χ1v) is 8.85. The monoisotopic (exact) mass is 361 g/mol. The molecule has 1 atom stereocenters. The van der Waals surface area contributed by atoms with E-state index in [1.54, 1.807) is 19.2 Å². The highest BCUT2D eigenvalue weighted by molar-refractivity contribution is 6.06. The van der Waals surface area contributed by atoms with Gasteiger partial charge in [-0.2, -0.15) is 0 Å². The molecule has 0 aromatic heterocycles. The molecule has 1 heterocycles. The Hall–Kier alpha value is -3.14. The number of nitrogens with one attached hydrogen (secondary N) is 1. The smallest absolute Gasteiger partial charge is 0.235 e. The molecule has 27 heavy (non-hydrogen) atoms. The standard InChI is InChI=1S/C23H20FNO2/c1-23(14-15-7-10-17(24)11-8-15)19-13-16(9-12-20(19)25-22(23)26)18-5-3-4-6-21(18)27-2/h3-13H,14H2,1-2H3,(H,25,26). The summed E-state index contributed by atoms with van der Waals surface area (Å²) in [4.78, 5) is 12.8. The highest BCUT2D eigenvalue weighted by atomic mass is 19.1. The molecule has 1 unspecified atom stereocenters. The average molecular weight is 361 g/mol. The van der Waals surface area contributed by atoms with Gasteiger partial charge in [0.2, 0.25) is 5.91 Å². The molecule has 136 valence electrons. The number of ether oxygens (including phenoxy) is 1. The van der Waals surface area contributed by atoms with Crippen molar-refractivity contribution in [3.63, 3.8) is 0 Å². The molecule has 3 aromatic carbocycles. The van der Waals surface area contributed by atoms with Gasteiger partial charge in [0.25, 0.3) is 0 Å². The second-order valence-corrected chi connectivity index (χ2v) is 7.05. The molecular formula is C23H20FNO2. The third-order valence-electron chi connectivity index (χ3n) is 5.25. The van der Waals surface area contributed by atoms with E-state index in [-0.39, 0.29) is 11.7 Å². The number of para-hydroxylation sites is 1. The van der Waals surface area contributed by atoms with E-state index in [1.165, 1.54) is 12.1 Å². The van der Waals surface area contributed by atoms with E-state index >= 15 is 0 Å². The first-order chi connectivity index (χ1) is 13.0. The maximum Gasteiger partial charge on any atom is 0.235 e. The summed E-state index contributed by atoms with van der Waals surface area (Å²) in [6.45, 7) is 1.93. The molecule has 3 aromatic rings. The van der Waals surface area contributed by atoms with Gasteiger partial charge >= 0.3 is 0 Å². The lowest BCUT2D eigenvalue weighted by Gasteiger charge is -2.23. The van der Waals surface area contributed by atoms with Crippen molar-refractivity contribution >= 4 is 11.6 Å². The van der Waals surface area contributed by atoms with Crippen molar-refractivity contribution in [1.82, 2.24) is 0 Å². The molecular weight excluding hydrogens is 341 g/mol. The molecule has 0 fully saturated rings. The van der Waals surface area contributed by atoms with Gasteiger partial charge in [0.05, 0.1) is 12.5 Å². The highest BCUT2D eigenvalue weighted by Crippen LogP contribution is 2.43. The van der Waals surface area contributed by atoms with Crippen LogP contribution < -0.4 is 10.1 Å². The van der Waals surface area contributed by atoms with Crippen LogP contribution in [-0.2, 0) is 16.6 Å². The predicted octanol–water partition coefficient (Wildman–Crippen LogP) is 4.95. The average Bonchev–Trinajstić information content (AvgIpc) is 2.93. The van der Waals surface area contributed by atoms with E-state index < -0.39 is 5.41 Å². The molecule has 1 amide bonds. The molecule has 0 aliphatic carbocycles. The topological polar surface area (TPSA) is 38.3 Å². The minimum Gasteiger partial charge on any atom is -0.496 e. The quantitative estimate of drug-likeness (QED) is 0.714. The van der Waals surface area contributed by atoms with Gasteiger partial charge < -0.3 is 10.1 Å². The van der Waals surface area contributed by atoms with E-state index in [1.807, 2.05) is 43.3 Å². The molecule has 4 rings (SSSR count). The summed E-state index contributed by atoms with van der Waals surface area (Å²) >= 11 is 0. The lowest BCUT2D eigenvalue weighted by atomic mass is 9.77. The Morgan fingerprint density at radius 3 is 2.52 bits per heavy atom. The number of methoxy groups -OCH3 is 1. The zero-order valence-electron chi connectivity index (χ0n) is 15.3. The number of carbonyl (C=O) groups excluding carboxylic acids is 1. The van der Waals surface area contributed by atoms with Crippen LogP contribution in [0.1, 0.15) is 18.1 Å². The fourth-order valence-corrected chi connectivity index (χ4v) is 3.73. The highest BCUT2D eigenvalue weighted by Gasteiger charge is 2.42. The predicted molar refractivity (Wildman–Crippen MR) is 105 cm³/mol. The maximum absolute atomic E-state index is 13.2. The number of halogens is 1. The van der Waals surface area contributed by atoms with Gasteiger partial charge in [0.15, 0.2) is 0 Å². The van der Waals surface area contributed by atoms with Crippen molar-refractivity contribution in [3.8, 4) is 16.9 Å². The van der Waals surface area contributed by atoms with Gasteiger partial charge in [0.1, 0.15) is 11.6 Å². The van der Waals surface area contributed by atoms with Crippen LogP contribution in [0.4, 0.5) is 10.1 Å². The molecule has 0 bridgehead atoms. The first-order valence-electron chi connectivity index (χ1n) is 8.85. The Morgan fingerprint density at radius 2 is 1.78 bits per heavy atom. The van der Waals surface area contributed by atoms with Gasteiger partial charge in [-0.1, -0.05) is 36.4 Å². The fourth-order valence-electron chi connectivity index (χ4n) is 3.73. The van der Waals surface area contributed by atoms with Crippen molar-refractivity contribution in [2.75, 3.05) is 12.4 Å². The van der Waals surface area contributed by atoms with Crippen LogP contribution in [0.3, 0.4) is 0 Å². The second kappa shape index (κ2) is 6.54. The van der Waals surface area contributed by atoms with Crippen molar-refractivity contribution < 1.29 is 13.9 Å². The summed E-state index contributed by atoms with van der Waals surface area (Å²) in [6, 6.07) is 20.1. The lowest BCUT2D eigenvalue weighted by molar-refractivity contribution is -0.120. The summed E-state index contributed by atoms with van der Waals surface area (Å²) in [5.74, 6) is 0.465. The Balaban J connectivity index is 1.77. The summed E-state index contributed by atoms with van der Waals surface area (Å²) in [6.07, 6.45) is 0.501. The van der Waals surface area contributed by atoms with Gasteiger partial charge in [-0.25, -0.2) is 4.39 Å². The molecule has 0 saturated heterocycles. The molecule has 1 N–H and O–H groups in total. The Bertz CT molecular complexity index is 1010. The second-order valence-electron chi connectivity index (χ2n) is 7.05. The molecule has 0 saturated carbocycles. The summed E-state index contributed by atoms with van der Waals surface area (Å²) in [5.41, 5.74) is 3.94. The minimum atomic E-state index is -0.717. The number of anilines is 1. The van der Waals surface area contributed by atoms with Gasteiger partial charge in [-0.15, -0.1) is 0 Å². The van der Waals surface area contributed by atoms with Crippen molar-refractivity contribution in [1.29, 1.82) is 0 Å². The number of rotatable bonds is 4. The van der Waals surface area contributed by atoms with E-state index in [0.717, 1.165) is 33.7 Å². The Kier molecular flexibility index (Phi) is 4.19. The van der Waals surface area contributed by atoms with Crippen LogP contribution >= 0.6 is 0 Å². The maximum atomic E-state index is 13.2. The largest absolute Gasteiger partial charge is 0.496 e. The number of amides is 1. The van der Waals surface area contributed by atoms with Crippen LogP contribution in [-0.4, -0.2) is 13.0 Å². The number of hydrogen-bond donors (Lipinski definition) is 1. The van der Waals surface area contributed by atoms with Crippen LogP contribution in [0.15, 0.2) is 66.7 Å². The third-order valence-corrected chi connectivity index (χ3v) is 5.25. The van der Waals surface area contributed by atoms with Gasteiger partial charge in [-0.05, 0) is 60.4 Å². The summed E-state index contributed by atoms with van der Waals surface area (Å²) in [7, 11) is 1.65. The number of benzene rings is 3. The number of hydrogen-bond acceptors (Lipinski definition) is 2. The third kappa shape index (κ3) is 2.97. The first kappa shape index (κ1) is 17.3.